The molecular formula is C18H11FN4O2. The van der Waals surface area contributed by atoms with Gasteiger partial charge in [-0.25, -0.2) is 14.2 Å². The molecule has 6 nitrogen and oxygen atoms in total. The van der Waals surface area contributed by atoms with E-state index in [0.717, 1.165) is 17.8 Å². The van der Waals surface area contributed by atoms with Crippen molar-refractivity contribution in [1.29, 1.82) is 0 Å². The van der Waals surface area contributed by atoms with Crippen molar-refractivity contribution >= 4 is 34.0 Å². The number of carbonyl (C=O) groups is 1. The highest BCUT2D eigenvalue weighted by Gasteiger charge is 2.14. The lowest BCUT2D eigenvalue weighted by molar-refractivity contribution is -0.131. The van der Waals surface area contributed by atoms with E-state index >= 15 is 0 Å². The van der Waals surface area contributed by atoms with Crippen molar-refractivity contribution < 1.29 is 14.3 Å². The molecule has 0 fully saturated rings. The van der Waals surface area contributed by atoms with Crippen LogP contribution in [0.4, 0.5) is 4.39 Å². The molecule has 4 rings (SSSR count). The molecule has 0 aromatic carbocycles. The molecule has 4 aromatic heterocycles. The lowest BCUT2D eigenvalue weighted by atomic mass is 10.1. The second kappa shape index (κ2) is 5.79. The molecule has 0 radical (unpaired) electrons. The van der Waals surface area contributed by atoms with E-state index in [2.05, 4.69) is 19.9 Å². The topological polar surface area (TPSA) is 91.8 Å². The quantitative estimate of drug-likeness (QED) is 0.560. The first-order chi connectivity index (χ1) is 12.1. The number of halogens is 1. The fraction of sp³-hybridized carbons (Fsp3) is 0. The molecule has 0 saturated carbocycles. The second-order valence-corrected chi connectivity index (χ2v) is 5.40. The fourth-order valence-electron chi connectivity index (χ4n) is 2.75. The highest BCUT2D eigenvalue weighted by molar-refractivity contribution is 6.10. The molecule has 0 spiro atoms. The number of rotatable bonds is 3. The number of hydrogen-bond acceptors (Lipinski definition) is 4. The minimum Gasteiger partial charge on any atom is -0.478 e. The van der Waals surface area contributed by atoms with Gasteiger partial charge >= 0.3 is 5.97 Å². The first-order valence-corrected chi connectivity index (χ1v) is 7.41. The van der Waals surface area contributed by atoms with E-state index < -0.39 is 11.8 Å². The zero-order valence-corrected chi connectivity index (χ0v) is 12.8. The van der Waals surface area contributed by atoms with E-state index in [4.69, 9.17) is 5.11 Å². The summed E-state index contributed by atoms with van der Waals surface area (Å²) < 4.78 is 14.3. The third kappa shape index (κ3) is 2.61. The van der Waals surface area contributed by atoms with Crippen LogP contribution in [0.1, 0.15) is 5.56 Å². The number of aliphatic carboxylic acids is 1. The summed E-state index contributed by atoms with van der Waals surface area (Å²) in [6.45, 7) is 0. The van der Waals surface area contributed by atoms with Gasteiger partial charge in [0.25, 0.3) is 0 Å². The SMILES string of the molecule is O=C(O)/C=C/c1c(F)cnc2[nH]c3cnc(-c4cccnc4)cc3c12. The van der Waals surface area contributed by atoms with Gasteiger partial charge in [-0.2, -0.15) is 0 Å². The molecule has 2 N–H and O–H groups in total. The molecule has 0 atom stereocenters. The molecule has 4 aromatic rings. The fourth-order valence-corrected chi connectivity index (χ4v) is 2.75. The van der Waals surface area contributed by atoms with Crippen LogP contribution in [0.2, 0.25) is 0 Å². The Kier molecular flexibility index (Phi) is 3.46. The molecule has 0 aliphatic carbocycles. The van der Waals surface area contributed by atoms with Crippen molar-refractivity contribution in [2.24, 2.45) is 0 Å². The maximum absolute atomic E-state index is 14.3. The first-order valence-electron chi connectivity index (χ1n) is 7.41. The molecule has 122 valence electrons. The Balaban J connectivity index is 2.02. The number of nitrogens with zero attached hydrogens (tertiary/aromatic N) is 3. The van der Waals surface area contributed by atoms with E-state index in [1.54, 1.807) is 24.7 Å². The molecule has 0 saturated heterocycles. The minimum atomic E-state index is -1.15. The van der Waals surface area contributed by atoms with E-state index in [-0.39, 0.29) is 5.56 Å². The lowest BCUT2D eigenvalue weighted by Crippen LogP contribution is -1.90. The zero-order chi connectivity index (χ0) is 17.4. The normalized spacial score (nSPS) is 11.6. The van der Waals surface area contributed by atoms with E-state index in [1.807, 2.05) is 12.1 Å². The van der Waals surface area contributed by atoms with Crippen LogP contribution in [-0.4, -0.2) is 31.0 Å². The number of H-pyrrole nitrogens is 1. The van der Waals surface area contributed by atoms with Crippen LogP contribution in [0, 0.1) is 5.82 Å². The number of hydrogen-bond donors (Lipinski definition) is 2. The third-order valence-corrected chi connectivity index (χ3v) is 3.85. The summed E-state index contributed by atoms with van der Waals surface area (Å²) in [5, 5.41) is 10.1. The number of carboxylic acid groups (broad SMARTS) is 1. The van der Waals surface area contributed by atoms with Gasteiger partial charge in [-0.1, -0.05) is 0 Å². The summed E-state index contributed by atoms with van der Waals surface area (Å²) in [5.41, 5.74) is 2.82. The van der Waals surface area contributed by atoms with Crippen LogP contribution in [0.5, 0.6) is 0 Å². The predicted molar refractivity (Wildman–Crippen MR) is 91.3 cm³/mol. The highest BCUT2D eigenvalue weighted by Crippen LogP contribution is 2.31. The lowest BCUT2D eigenvalue weighted by Gasteiger charge is -2.02. The Morgan fingerprint density at radius 2 is 2.12 bits per heavy atom. The molecule has 7 heteroatoms. The number of aromatic nitrogens is 4. The van der Waals surface area contributed by atoms with Crippen LogP contribution in [0.3, 0.4) is 0 Å². The van der Waals surface area contributed by atoms with Crippen LogP contribution >= 0.6 is 0 Å². The number of carboxylic acids is 1. The van der Waals surface area contributed by atoms with Crippen LogP contribution in [0.25, 0.3) is 39.3 Å². The van der Waals surface area contributed by atoms with Crippen molar-refractivity contribution in [3.8, 4) is 11.3 Å². The second-order valence-electron chi connectivity index (χ2n) is 5.40. The molecule has 4 heterocycles. The Hall–Kier alpha value is -3.61. The summed E-state index contributed by atoms with van der Waals surface area (Å²) in [4.78, 5) is 26.4. The number of aromatic amines is 1. The standard InChI is InChI=1S/C18H11FN4O2/c19-13-8-22-18-17(11(13)3-4-16(24)25)12-6-14(21-9-15(12)23-18)10-2-1-5-20-7-10/h1-9H,(H,22,23)(H,24,25)/b4-3+. The molecule has 25 heavy (non-hydrogen) atoms. The summed E-state index contributed by atoms with van der Waals surface area (Å²) in [6, 6.07) is 5.49. The van der Waals surface area contributed by atoms with Crippen molar-refractivity contribution in [3.05, 3.63) is 60.4 Å². The van der Waals surface area contributed by atoms with Crippen LogP contribution < -0.4 is 0 Å². The average molecular weight is 334 g/mol. The summed E-state index contributed by atoms with van der Waals surface area (Å²) >= 11 is 0. The average Bonchev–Trinajstić information content (AvgIpc) is 2.99. The Labute approximate surface area is 140 Å². The summed E-state index contributed by atoms with van der Waals surface area (Å²) in [7, 11) is 0. The molecule has 0 aliphatic heterocycles. The zero-order valence-electron chi connectivity index (χ0n) is 12.8. The summed E-state index contributed by atoms with van der Waals surface area (Å²) in [5.74, 6) is -1.74. The molecule has 0 amide bonds. The van der Waals surface area contributed by atoms with Crippen molar-refractivity contribution in [2.45, 2.75) is 0 Å². The Bertz CT molecular complexity index is 1140. The van der Waals surface area contributed by atoms with Gasteiger partial charge in [-0.15, -0.1) is 0 Å². The summed E-state index contributed by atoms with van der Waals surface area (Å²) in [6.07, 6.45) is 8.20. The van der Waals surface area contributed by atoms with Crippen molar-refractivity contribution in [1.82, 2.24) is 19.9 Å². The highest BCUT2D eigenvalue weighted by atomic mass is 19.1. The Morgan fingerprint density at radius 3 is 2.88 bits per heavy atom. The van der Waals surface area contributed by atoms with Gasteiger partial charge in [-0.05, 0) is 24.3 Å². The van der Waals surface area contributed by atoms with Gasteiger partial charge in [0.15, 0.2) is 0 Å². The number of pyridine rings is 3. The van der Waals surface area contributed by atoms with Gasteiger partial charge in [0.2, 0.25) is 0 Å². The molecule has 0 unspecified atom stereocenters. The van der Waals surface area contributed by atoms with Gasteiger partial charge in [-0.3, -0.25) is 9.97 Å². The molecule has 0 aliphatic rings. The minimum absolute atomic E-state index is 0.169. The first kappa shape index (κ1) is 14.9. The van der Waals surface area contributed by atoms with Gasteiger partial charge in [0, 0.05) is 40.4 Å². The Morgan fingerprint density at radius 1 is 1.24 bits per heavy atom. The van der Waals surface area contributed by atoms with Gasteiger partial charge < -0.3 is 10.1 Å². The maximum Gasteiger partial charge on any atom is 0.328 e. The smallest absolute Gasteiger partial charge is 0.328 e. The number of nitrogens with one attached hydrogen (secondary N) is 1. The van der Waals surface area contributed by atoms with E-state index in [1.165, 1.54) is 6.08 Å². The van der Waals surface area contributed by atoms with Crippen molar-refractivity contribution in [2.75, 3.05) is 0 Å². The largest absolute Gasteiger partial charge is 0.478 e. The monoisotopic (exact) mass is 334 g/mol. The van der Waals surface area contributed by atoms with E-state index in [9.17, 15) is 9.18 Å². The number of fused-ring (bicyclic) bond motifs is 3. The van der Waals surface area contributed by atoms with Crippen molar-refractivity contribution in [3.63, 3.8) is 0 Å². The van der Waals surface area contributed by atoms with E-state index in [0.29, 0.717) is 27.6 Å². The molecule has 0 bridgehead atoms. The molecular weight excluding hydrogens is 323 g/mol. The van der Waals surface area contributed by atoms with Crippen LogP contribution in [0.15, 0.2) is 49.1 Å². The third-order valence-electron chi connectivity index (χ3n) is 3.85. The van der Waals surface area contributed by atoms with Gasteiger partial charge in [0.1, 0.15) is 11.5 Å². The maximum atomic E-state index is 14.3. The van der Waals surface area contributed by atoms with Gasteiger partial charge in [0.05, 0.1) is 23.6 Å². The predicted octanol–water partition coefficient (Wildman–Crippen LogP) is 3.41. The van der Waals surface area contributed by atoms with Crippen LogP contribution in [-0.2, 0) is 4.79 Å².